The number of hydrogen-bond donors (Lipinski definition) is 0. The van der Waals surface area contributed by atoms with Gasteiger partial charge in [-0.05, 0) is 43.9 Å². The molecule has 100 valence electrons. The van der Waals surface area contributed by atoms with Crippen molar-refractivity contribution < 1.29 is 9.53 Å². The fourth-order valence-electron chi connectivity index (χ4n) is 2.91. The highest BCUT2D eigenvalue weighted by Gasteiger charge is 2.29. The van der Waals surface area contributed by atoms with Crippen LogP contribution in [0, 0.1) is 23.7 Å². The highest BCUT2D eigenvalue weighted by Crippen LogP contribution is 2.34. The van der Waals surface area contributed by atoms with Crippen LogP contribution in [0.4, 0.5) is 0 Å². The van der Waals surface area contributed by atoms with E-state index in [1.165, 1.54) is 12.8 Å². The van der Waals surface area contributed by atoms with Gasteiger partial charge in [-0.3, -0.25) is 4.79 Å². The van der Waals surface area contributed by atoms with Crippen LogP contribution < -0.4 is 0 Å². The number of Topliss-reactive ketones (excluding diaryl/α,β-unsaturated/α-hetero) is 1. The van der Waals surface area contributed by atoms with Gasteiger partial charge in [0.15, 0.2) is 0 Å². The maximum Gasteiger partial charge on any atom is 0.138 e. The first-order valence-electron chi connectivity index (χ1n) is 7.09. The predicted molar refractivity (Wildman–Crippen MR) is 71.0 cm³/mol. The van der Waals surface area contributed by atoms with E-state index in [1.807, 2.05) is 0 Å². The molecule has 1 aliphatic rings. The van der Waals surface area contributed by atoms with Crippen LogP contribution in [0.5, 0.6) is 0 Å². The van der Waals surface area contributed by atoms with Crippen LogP contribution in [0.15, 0.2) is 0 Å². The Morgan fingerprint density at radius 2 is 1.76 bits per heavy atom. The number of ketones is 1. The summed E-state index contributed by atoms with van der Waals surface area (Å²) in [5.41, 5.74) is 0. The quantitative estimate of drug-likeness (QED) is 0.707. The molecule has 0 spiro atoms. The first-order chi connectivity index (χ1) is 8.06. The molecular weight excluding hydrogens is 212 g/mol. The fraction of sp³-hybridized carbons (Fsp3) is 0.933. The molecule has 0 radical (unpaired) electrons. The molecule has 1 aliphatic carbocycles. The Morgan fingerprint density at radius 3 is 2.24 bits per heavy atom. The topological polar surface area (TPSA) is 26.3 Å². The number of rotatable bonds is 6. The van der Waals surface area contributed by atoms with Crippen LogP contribution in [-0.4, -0.2) is 19.5 Å². The first kappa shape index (κ1) is 14.7. The van der Waals surface area contributed by atoms with Crippen LogP contribution >= 0.6 is 0 Å². The number of methoxy groups -OCH3 is 1. The number of ether oxygens (including phenoxy) is 1. The summed E-state index contributed by atoms with van der Waals surface area (Å²) >= 11 is 0. The van der Waals surface area contributed by atoms with Gasteiger partial charge < -0.3 is 4.74 Å². The van der Waals surface area contributed by atoms with E-state index in [0.29, 0.717) is 18.3 Å². The van der Waals surface area contributed by atoms with E-state index in [0.717, 1.165) is 31.1 Å². The Labute approximate surface area is 106 Å². The minimum absolute atomic E-state index is 0.176. The molecule has 0 amide bonds. The maximum absolute atomic E-state index is 12.2. The molecule has 1 saturated carbocycles. The van der Waals surface area contributed by atoms with Gasteiger partial charge in [0.2, 0.25) is 0 Å². The summed E-state index contributed by atoms with van der Waals surface area (Å²) in [6.45, 7) is 7.35. The largest absolute Gasteiger partial charge is 0.385 e. The summed E-state index contributed by atoms with van der Waals surface area (Å²) < 4.78 is 5.05. The second-order valence-corrected chi connectivity index (χ2v) is 5.94. The summed E-state index contributed by atoms with van der Waals surface area (Å²) in [6, 6.07) is 0. The first-order valence-corrected chi connectivity index (χ1v) is 7.09. The summed E-state index contributed by atoms with van der Waals surface area (Å²) in [5.74, 6) is 2.60. The van der Waals surface area contributed by atoms with Crippen molar-refractivity contribution in [2.75, 3.05) is 13.7 Å². The summed E-state index contributed by atoms with van der Waals surface area (Å²) in [6.07, 6.45) is 5.58. The van der Waals surface area contributed by atoms with Gasteiger partial charge in [-0.1, -0.05) is 20.8 Å². The lowest BCUT2D eigenvalue weighted by Gasteiger charge is -2.31. The lowest BCUT2D eigenvalue weighted by molar-refractivity contribution is -0.128. The standard InChI is InChI=1S/C15H28O2/c1-11(2)13-5-7-14(8-6-13)15(16)12(3)9-10-17-4/h11-14H,5-10H2,1-4H3. The van der Waals surface area contributed by atoms with Gasteiger partial charge in [-0.15, -0.1) is 0 Å². The van der Waals surface area contributed by atoms with Crippen molar-refractivity contribution in [3.8, 4) is 0 Å². The fourth-order valence-corrected chi connectivity index (χ4v) is 2.91. The van der Waals surface area contributed by atoms with Crippen molar-refractivity contribution in [1.82, 2.24) is 0 Å². The Hall–Kier alpha value is -0.370. The lowest BCUT2D eigenvalue weighted by atomic mass is 9.74. The van der Waals surface area contributed by atoms with Gasteiger partial charge in [0, 0.05) is 25.6 Å². The third-order valence-electron chi connectivity index (χ3n) is 4.36. The zero-order valence-corrected chi connectivity index (χ0v) is 11.9. The van der Waals surface area contributed by atoms with E-state index in [4.69, 9.17) is 4.74 Å². The third-order valence-corrected chi connectivity index (χ3v) is 4.36. The molecule has 0 saturated heterocycles. The van der Waals surface area contributed by atoms with Gasteiger partial charge in [-0.2, -0.15) is 0 Å². The average Bonchev–Trinajstić information content (AvgIpc) is 2.35. The summed E-state index contributed by atoms with van der Waals surface area (Å²) in [4.78, 5) is 12.2. The van der Waals surface area contributed by atoms with Crippen molar-refractivity contribution in [3.05, 3.63) is 0 Å². The van der Waals surface area contributed by atoms with Crippen molar-refractivity contribution in [3.63, 3.8) is 0 Å². The van der Waals surface area contributed by atoms with Crippen LogP contribution in [-0.2, 0) is 9.53 Å². The van der Waals surface area contributed by atoms with Crippen LogP contribution in [0.1, 0.15) is 52.9 Å². The van der Waals surface area contributed by atoms with Gasteiger partial charge in [-0.25, -0.2) is 0 Å². The summed E-state index contributed by atoms with van der Waals surface area (Å²) in [7, 11) is 1.70. The van der Waals surface area contributed by atoms with E-state index in [1.54, 1.807) is 7.11 Å². The average molecular weight is 240 g/mol. The second-order valence-electron chi connectivity index (χ2n) is 5.94. The van der Waals surface area contributed by atoms with Crippen LogP contribution in [0.2, 0.25) is 0 Å². The number of carbonyl (C=O) groups excluding carboxylic acids is 1. The molecule has 0 aromatic carbocycles. The van der Waals surface area contributed by atoms with E-state index in [2.05, 4.69) is 20.8 Å². The lowest BCUT2D eigenvalue weighted by Crippen LogP contribution is -2.28. The second kappa shape index (κ2) is 7.15. The monoisotopic (exact) mass is 240 g/mol. The van der Waals surface area contributed by atoms with E-state index in [-0.39, 0.29) is 5.92 Å². The molecule has 0 aliphatic heterocycles. The molecule has 2 nitrogen and oxygen atoms in total. The Morgan fingerprint density at radius 1 is 1.18 bits per heavy atom. The molecule has 0 heterocycles. The predicted octanol–water partition coefficient (Wildman–Crippen LogP) is 3.69. The highest BCUT2D eigenvalue weighted by atomic mass is 16.5. The van der Waals surface area contributed by atoms with Crippen molar-refractivity contribution in [2.24, 2.45) is 23.7 Å². The third kappa shape index (κ3) is 4.42. The van der Waals surface area contributed by atoms with Gasteiger partial charge in [0.25, 0.3) is 0 Å². The van der Waals surface area contributed by atoms with E-state index < -0.39 is 0 Å². The summed E-state index contributed by atoms with van der Waals surface area (Å²) in [5, 5.41) is 0. The smallest absolute Gasteiger partial charge is 0.138 e. The molecule has 1 fully saturated rings. The molecule has 1 atom stereocenters. The van der Waals surface area contributed by atoms with Gasteiger partial charge in [0.1, 0.15) is 5.78 Å². The van der Waals surface area contributed by atoms with Crippen LogP contribution in [0.3, 0.4) is 0 Å². The van der Waals surface area contributed by atoms with Crippen molar-refractivity contribution in [2.45, 2.75) is 52.9 Å². The Balaban J connectivity index is 2.35. The SMILES string of the molecule is COCCC(C)C(=O)C1CCC(C(C)C)CC1. The van der Waals surface area contributed by atoms with Gasteiger partial charge in [0.05, 0.1) is 0 Å². The van der Waals surface area contributed by atoms with Gasteiger partial charge >= 0.3 is 0 Å². The number of carbonyl (C=O) groups is 1. The Bertz CT molecular complexity index is 227. The molecule has 0 aromatic heterocycles. The molecule has 1 unspecified atom stereocenters. The molecule has 0 N–H and O–H groups in total. The molecule has 17 heavy (non-hydrogen) atoms. The molecule has 2 heteroatoms. The van der Waals surface area contributed by atoms with Crippen molar-refractivity contribution >= 4 is 5.78 Å². The van der Waals surface area contributed by atoms with Crippen LogP contribution in [0.25, 0.3) is 0 Å². The van der Waals surface area contributed by atoms with E-state index >= 15 is 0 Å². The number of hydrogen-bond acceptors (Lipinski definition) is 2. The zero-order chi connectivity index (χ0) is 12.8. The zero-order valence-electron chi connectivity index (χ0n) is 11.9. The van der Waals surface area contributed by atoms with E-state index in [9.17, 15) is 4.79 Å². The Kier molecular flexibility index (Phi) is 6.18. The normalized spacial score (nSPS) is 27.1. The molecule has 0 aromatic rings. The maximum atomic E-state index is 12.2. The minimum Gasteiger partial charge on any atom is -0.385 e. The molecular formula is C15H28O2. The molecule has 0 bridgehead atoms. The highest BCUT2D eigenvalue weighted by molar-refractivity contribution is 5.83. The molecule has 1 rings (SSSR count). The van der Waals surface area contributed by atoms with Crippen molar-refractivity contribution in [1.29, 1.82) is 0 Å². The minimum atomic E-state index is 0.176.